The molecular weight excluding hydrogens is 370 g/mol. The molecule has 144 valence electrons. The minimum absolute atomic E-state index is 0.115. The van der Waals surface area contributed by atoms with E-state index < -0.39 is 0 Å². The van der Waals surface area contributed by atoms with Crippen molar-refractivity contribution in [3.05, 3.63) is 46.3 Å². The molecule has 1 aliphatic heterocycles. The third kappa shape index (κ3) is 4.48. The summed E-state index contributed by atoms with van der Waals surface area (Å²) in [4.78, 5) is 24.9. The van der Waals surface area contributed by atoms with Crippen molar-refractivity contribution in [2.75, 3.05) is 13.1 Å². The van der Waals surface area contributed by atoms with E-state index in [0.717, 1.165) is 18.4 Å². The second kappa shape index (κ2) is 8.54. The molecule has 2 N–H and O–H groups in total. The van der Waals surface area contributed by atoms with Crippen molar-refractivity contribution in [1.82, 2.24) is 10.1 Å². The van der Waals surface area contributed by atoms with Crippen LogP contribution in [0.25, 0.3) is 0 Å². The molecule has 8 heteroatoms. The molecule has 3 rings (SSSR count). The highest BCUT2D eigenvalue weighted by Crippen LogP contribution is 2.31. The maximum Gasteiger partial charge on any atom is 0.298 e. The fourth-order valence-corrected chi connectivity index (χ4v) is 3.71. The first-order valence-electron chi connectivity index (χ1n) is 8.85. The SMILES string of the molecule is Cc1cc(C(=O)N2CCC(C(N)Cc3cccc(Cl)c3OC=O)CC2)no1. The molecule has 1 unspecified atom stereocenters. The molecular formula is C19H22ClN3O4. The third-order valence-electron chi connectivity index (χ3n) is 4.95. The number of halogens is 1. The summed E-state index contributed by atoms with van der Waals surface area (Å²) in [7, 11) is 0. The number of aryl methyl sites for hydroxylation is 1. The number of rotatable bonds is 6. The van der Waals surface area contributed by atoms with E-state index in [1.807, 2.05) is 12.1 Å². The normalized spacial score (nSPS) is 16.2. The zero-order valence-corrected chi connectivity index (χ0v) is 15.8. The molecule has 1 aromatic heterocycles. The summed E-state index contributed by atoms with van der Waals surface area (Å²) < 4.78 is 10.00. The van der Waals surface area contributed by atoms with Crippen LogP contribution in [0.2, 0.25) is 5.02 Å². The molecule has 0 radical (unpaired) electrons. The molecule has 1 aliphatic rings. The zero-order chi connectivity index (χ0) is 19.4. The Morgan fingerprint density at radius 2 is 2.22 bits per heavy atom. The van der Waals surface area contributed by atoms with E-state index >= 15 is 0 Å². The van der Waals surface area contributed by atoms with Gasteiger partial charge in [0.15, 0.2) is 11.4 Å². The van der Waals surface area contributed by atoms with Crippen LogP contribution in [-0.4, -0.2) is 41.6 Å². The van der Waals surface area contributed by atoms with Gasteiger partial charge in [0.25, 0.3) is 12.4 Å². The van der Waals surface area contributed by atoms with E-state index in [-0.39, 0.29) is 17.9 Å². The second-order valence-electron chi connectivity index (χ2n) is 6.76. The number of hydrogen-bond acceptors (Lipinski definition) is 6. The highest BCUT2D eigenvalue weighted by molar-refractivity contribution is 6.32. The maximum atomic E-state index is 12.4. The van der Waals surface area contributed by atoms with Crippen LogP contribution in [-0.2, 0) is 11.2 Å². The topological polar surface area (TPSA) is 98.7 Å². The Labute approximate surface area is 162 Å². The quantitative estimate of drug-likeness (QED) is 0.760. The highest BCUT2D eigenvalue weighted by Gasteiger charge is 2.29. The molecule has 0 saturated carbocycles. The first-order valence-corrected chi connectivity index (χ1v) is 9.23. The van der Waals surface area contributed by atoms with Gasteiger partial charge in [0.05, 0.1) is 5.02 Å². The van der Waals surface area contributed by atoms with Crippen LogP contribution in [0.4, 0.5) is 0 Å². The summed E-state index contributed by atoms with van der Waals surface area (Å²) >= 11 is 6.11. The van der Waals surface area contributed by atoms with Gasteiger partial charge in [-0.1, -0.05) is 28.9 Å². The molecule has 1 aromatic carbocycles. The van der Waals surface area contributed by atoms with E-state index in [4.69, 9.17) is 26.6 Å². The number of piperidine rings is 1. The summed E-state index contributed by atoms with van der Waals surface area (Å²) in [5.41, 5.74) is 7.56. The predicted octanol–water partition coefficient (Wildman–Crippen LogP) is 2.59. The summed E-state index contributed by atoms with van der Waals surface area (Å²) in [5, 5.41) is 4.17. The van der Waals surface area contributed by atoms with E-state index in [1.54, 1.807) is 24.0 Å². The lowest BCUT2D eigenvalue weighted by Gasteiger charge is -2.34. The number of carbonyl (C=O) groups is 2. The molecule has 2 aromatic rings. The number of para-hydroxylation sites is 1. The number of likely N-dealkylation sites (tertiary alicyclic amines) is 1. The number of ether oxygens (including phenoxy) is 1. The Bertz CT molecular complexity index is 815. The molecule has 27 heavy (non-hydrogen) atoms. The lowest BCUT2D eigenvalue weighted by atomic mass is 9.86. The highest BCUT2D eigenvalue weighted by atomic mass is 35.5. The zero-order valence-electron chi connectivity index (χ0n) is 15.1. The first kappa shape index (κ1) is 19.4. The molecule has 0 bridgehead atoms. The van der Waals surface area contributed by atoms with Gasteiger partial charge in [0.1, 0.15) is 5.76 Å². The smallest absolute Gasteiger partial charge is 0.298 e. The molecule has 2 heterocycles. The van der Waals surface area contributed by atoms with Gasteiger partial charge in [0.2, 0.25) is 0 Å². The van der Waals surface area contributed by atoms with Gasteiger partial charge in [-0.05, 0) is 43.7 Å². The molecule has 0 aliphatic carbocycles. The van der Waals surface area contributed by atoms with Crippen LogP contribution in [0, 0.1) is 12.8 Å². The van der Waals surface area contributed by atoms with Crippen molar-refractivity contribution in [2.45, 2.75) is 32.2 Å². The minimum atomic E-state index is -0.121. The standard InChI is InChI=1S/C19H22ClN3O4/c1-12-9-17(22-27-12)19(25)23-7-5-13(6-8-23)16(21)10-14-3-2-4-15(20)18(14)26-11-24/h2-4,9,11,13,16H,5-8,10,21H2,1H3. The minimum Gasteiger partial charge on any atom is -0.427 e. The summed E-state index contributed by atoms with van der Waals surface area (Å²) in [6, 6.07) is 6.86. The second-order valence-corrected chi connectivity index (χ2v) is 7.17. The lowest BCUT2D eigenvalue weighted by Crippen LogP contribution is -2.44. The van der Waals surface area contributed by atoms with Gasteiger partial charge in [-0.2, -0.15) is 0 Å². The average molecular weight is 392 g/mol. The van der Waals surface area contributed by atoms with Crippen LogP contribution >= 0.6 is 11.6 Å². The van der Waals surface area contributed by atoms with Crippen molar-refractivity contribution in [3.8, 4) is 5.75 Å². The van der Waals surface area contributed by atoms with Crippen LogP contribution < -0.4 is 10.5 Å². The molecule has 1 saturated heterocycles. The number of benzene rings is 1. The van der Waals surface area contributed by atoms with Crippen molar-refractivity contribution in [1.29, 1.82) is 0 Å². The Kier molecular flexibility index (Phi) is 6.13. The molecule has 7 nitrogen and oxygen atoms in total. The van der Waals surface area contributed by atoms with Crippen molar-refractivity contribution in [2.24, 2.45) is 11.7 Å². The summed E-state index contributed by atoms with van der Waals surface area (Å²) in [6.45, 7) is 3.37. The van der Waals surface area contributed by atoms with E-state index in [1.165, 1.54) is 0 Å². The van der Waals surface area contributed by atoms with E-state index in [9.17, 15) is 9.59 Å². The Hall–Kier alpha value is -2.38. The third-order valence-corrected chi connectivity index (χ3v) is 5.25. The van der Waals surface area contributed by atoms with Gasteiger partial charge in [-0.25, -0.2) is 0 Å². The van der Waals surface area contributed by atoms with Crippen LogP contribution in [0.15, 0.2) is 28.8 Å². The van der Waals surface area contributed by atoms with Crippen molar-refractivity contribution < 1.29 is 18.8 Å². The monoisotopic (exact) mass is 391 g/mol. The van der Waals surface area contributed by atoms with Crippen molar-refractivity contribution >= 4 is 24.0 Å². The van der Waals surface area contributed by atoms with Crippen molar-refractivity contribution in [3.63, 3.8) is 0 Å². The summed E-state index contributed by atoms with van der Waals surface area (Å²) in [5.74, 6) is 1.12. The Balaban J connectivity index is 1.59. The molecule has 1 fully saturated rings. The fourth-order valence-electron chi connectivity index (χ4n) is 3.47. The molecule has 1 amide bonds. The first-order chi connectivity index (χ1) is 13.0. The average Bonchev–Trinajstić information content (AvgIpc) is 3.10. The lowest BCUT2D eigenvalue weighted by molar-refractivity contribution is -0.120. The number of amides is 1. The number of carbonyl (C=O) groups excluding carboxylic acids is 2. The van der Waals surface area contributed by atoms with Crippen LogP contribution in [0.3, 0.4) is 0 Å². The Morgan fingerprint density at radius 3 is 2.85 bits per heavy atom. The predicted molar refractivity (Wildman–Crippen MR) is 99.7 cm³/mol. The number of hydrogen-bond donors (Lipinski definition) is 1. The van der Waals surface area contributed by atoms with Gasteiger partial charge >= 0.3 is 0 Å². The van der Waals surface area contributed by atoms with Crippen LogP contribution in [0.1, 0.15) is 34.7 Å². The van der Waals surface area contributed by atoms with Gasteiger partial charge in [-0.15, -0.1) is 0 Å². The number of nitrogens with two attached hydrogens (primary N) is 1. The van der Waals surface area contributed by atoms with Gasteiger partial charge in [0, 0.05) is 25.2 Å². The fraction of sp³-hybridized carbons (Fsp3) is 0.421. The number of nitrogens with zero attached hydrogens (tertiary/aromatic N) is 2. The molecule has 0 spiro atoms. The molecule has 1 atom stereocenters. The van der Waals surface area contributed by atoms with E-state index in [2.05, 4.69) is 5.16 Å². The summed E-state index contributed by atoms with van der Waals surface area (Å²) in [6.07, 6.45) is 2.15. The van der Waals surface area contributed by atoms with Crippen LogP contribution in [0.5, 0.6) is 5.75 Å². The van der Waals surface area contributed by atoms with E-state index in [0.29, 0.717) is 48.2 Å². The largest absolute Gasteiger partial charge is 0.427 e. The Morgan fingerprint density at radius 1 is 1.48 bits per heavy atom. The number of aromatic nitrogens is 1. The van der Waals surface area contributed by atoms with Gasteiger partial charge < -0.3 is 19.9 Å². The maximum absolute atomic E-state index is 12.4. The van der Waals surface area contributed by atoms with Gasteiger partial charge in [-0.3, -0.25) is 9.59 Å².